The predicted octanol–water partition coefficient (Wildman–Crippen LogP) is 2.67. The number of hydrogen-bond acceptors (Lipinski definition) is 5. The Morgan fingerprint density at radius 1 is 1.20 bits per heavy atom. The normalized spacial score (nSPS) is 10.7. The number of aromatic nitrogens is 2. The van der Waals surface area contributed by atoms with Crippen LogP contribution in [0.2, 0.25) is 0 Å². The van der Waals surface area contributed by atoms with Gasteiger partial charge in [0, 0.05) is 12.1 Å². The highest BCUT2D eigenvalue weighted by Gasteiger charge is 2.12. The van der Waals surface area contributed by atoms with Crippen LogP contribution in [-0.2, 0) is 0 Å². The van der Waals surface area contributed by atoms with Gasteiger partial charge in [-0.05, 0) is 11.4 Å². The smallest absolute Gasteiger partial charge is 0.275 e. The summed E-state index contributed by atoms with van der Waals surface area (Å²) in [5, 5.41) is 1.91. The van der Waals surface area contributed by atoms with E-state index >= 15 is 0 Å². The lowest BCUT2D eigenvalue weighted by Crippen LogP contribution is -2.11. The number of methoxy groups -OCH3 is 2. The Balaban J connectivity index is 2.27. The Labute approximate surface area is 118 Å². The molecule has 5 nitrogen and oxygen atoms in total. The van der Waals surface area contributed by atoms with Crippen LogP contribution < -0.4 is 15.0 Å². The van der Waals surface area contributed by atoms with Crippen molar-refractivity contribution in [3.05, 3.63) is 40.0 Å². The molecular formula is C14H12N2O3S. The summed E-state index contributed by atoms with van der Waals surface area (Å²) in [5.74, 6) is 1.14. The van der Waals surface area contributed by atoms with Gasteiger partial charge in [-0.25, -0.2) is 4.98 Å². The first-order valence-corrected chi connectivity index (χ1v) is 6.81. The van der Waals surface area contributed by atoms with Gasteiger partial charge in [-0.1, -0.05) is 6.07 Å². The van der Waals surface area contributed by atoms with Crippen LogP contribution in [0.3, 0.4) is 0 Å². The molecule has 0 radical (unpaired) electrons. The summed E-state index contributed by atoms with van der Waals surface area (Å²) in [5.41, 5.74) is 1.48. The van der Waals surface area contributed by atoms with Crippen molar-refractivity contribution < 1.29 is 9.47 Å². The van der Waals surface area contributed by atoms with Crippen molar-refractivity contribution in [1.29, 1.82) is 0 Å². The van der Waals surface area contributed by atoms with E-state index in [4.69, 9.17) is 9.47 Å². The lowest BCUT2D eigenvalue weighted by atomic mass is 10.2. The number of fused-ring (bicyclic) bond motifs is 1. The Bertz CT molecular complexity index is 809. The lowest BCUT2D eigenvalue weighted by Gasteiger charge is -2.09. The molecule has 0 aliphatic heterocycles. The van der Waals surface area contributed by atoms with Gasteiger partial charge in [-0.2, -0.15) is 0 Å². The molecule has 0 aliphatic rings. The number of ether oxygens (including phenoxy) is 2. The SMILES string of the molecule is COc1cc2nc(-c3cccs3)c(=O)[nH]c2cc1OC. The summed E-state index contributed by atoms with van der Waals surface area (Å²) in [7, 11) is 3.12. The number of benzene rings is 1. The molecule has 1 N–H and O–H groups in total. The zero-order valence-corrected chi connectivity index (χ0v) is 11.8. The minimum Gasteiger partial charge on any atom is -0.493 e. The Hall–Kier alpha value is -2.34. The van der Waals surface area contributed by atoms with Gasteiger partial charge in [0.25, 0.3) is 5.56 Å². The van der Waals surface area contributed by atoms with Gasteiger partial charge in [0.15, 0.2) is 11.5 Å². The molecule has 2 heterocycles. The molecule has 6 heteroatoms. The van der Waals surface area contributed by atoms with Gasteiger partial charge in [-0.15, -0.1) is 11.3 Å². The number of hydrogen-bond donors (Lipinski definition) is 1. The molecule has 3 aromatic rings. The molecule has 102 valence electrons. The van der Waals surface area contributed by atoms with Crippen LogP contribution in [0.15, 0.2) is 34.4 Å². The molecule has 3 rings (SSSR count). The van der Waals surface area contributed by atoms with Crippen LogP contribution in [0.5, 0.6) is 11.5 Å². The second kappa shape index (κ2) is 4.97. The highest BCUT2D eigenvalue weighted by atomic mass is 32.1. The molecule has 0 atom stereocenters. The maximum atomic E-state index is 12.1. The Kier molecular flexibility index (Phi) is 3.15. The summed E-state index contributed by atoms with van der Waals surface area (Å²) >= 11 is 1.48. The summed E-state index contributed by atoms with van der Waals surface area (Å²) in [6.07, 6.45) is 0. The fourth-order valence-electron chi connectivity index (χ4n) is 1.99. The monoisotopic (exact) mass is 288 g/mol. The molecule has 0 saturated carbocycles. The predicted molar refractivity (Wildman–Crippen MR) is 78.8 cm³/mol. The molecule has 0 unspecified atom stereocenters. The van der Waals surface area contributed by atoms with E-state index in [9.17, 15) is 4.79 Å². The molecular weight excluding hydrogens is 276 g/mol. The van der Waals surface area contributed by atoms with Gasteiger partial charge in [0.05, 0.1) is 30.1 Å². The molecule has 0 aliphatic carbocycles. The van der Waals surface area contributed by atoms with Gasteiger partial charge in [0.2, 0.25) is 0 Å². The molecule has 1 aromatic carbocycles. The maximum Gasteiger partial charge on any atom is 0.275 e. The number of rotatable bonds is 3. The molecule has 2 aromatic heterocycles. The average molecular weight is 288 g/mol. The van der Waals surface area contributed by atoms with Gasteiger partial charge < -0.3 is 14.5 Å². The van der Waals surface area contributed by atoms with Crippen molar-refractivity contribution in [3.63, 3.8) is 0 Å². The van der Waals surface area contributed by atoms with Crippen LogP contribution in [0.1, 0.15) is 0 Å². The topological polar surface area (TPSA) is 64.2 Å². The second-order valence-electron chi connectivity index (χ2n) is 4.12. The molecule has 0 amide bonds. The van der Waals surface area contributed by atoms with E-state index in [1.54, 1.807) is 26.4 Å². The van der Waals surface area contributed by atoms with E-state index in [0.717, 1.165) is 4.88 Å². The highest BCUT2D eigenvalue weighted by Crippen LogP contribution is 2.31. The van der Waals surface area contributed by atoms with Gasteiger partial charge in [0.1, 0.15) is 5.69 Å². The first-order chi connectivity index (χ1) is 9.72. The number of H-pyrrole nitrogens is 1. The third kappa shape index (κ3) is 2.04. The number of nitrogens with one attached hydrogen (secondary N) is 1. The maximum absolute atomic E-state index is 12.1. The molecule has 0 fully saturated rings. The molecule has 0 spiro atoms. The van der Waals surface area contributed by atoms with Crippen molar-refractivity contribution in [2.45, 2.75) is 0 Å². The standard InChI is InChI=1S/C14H12N2O3S/c1-18-10-6-8-9(7-11(10)19-2)16-14(17)13(15-8)12-4-3-5-20-12/h3-7H,1-2H3,(H,16,17). The van der Waals surface area contributed by atoms with Crippen molar-refractivity contribution in [1.82, 2.24) is 9.97 Å². The van der Waals surface area contributed by atoms with Crippen LogP contribution in [0.25, 0.3) is 21.6 Å². The van der Waals surface area contributed by atoms with Crippen LogP contribution >= 0.6 is 11.3 Å². The summed E-state index contributed by atoms with van der Waals surface area (Å²) in [6.45, 7) is 0. The van der Waals surface area contributed by atoms with E-state index < -0.39 is 0 Å². The third-order valence-corrected chi connectivity index (χ3v) is 3.83. The van der Waals surface area contributed by atoms with E-state index in [1.807, 2.05) is 17.5 Å². The second-order valence-corrected chi connectivity index (χ2v) is 5.06. The van der Waals surface area contributed by atoms with Crippen molar-refractivity contribution in [3.8, 4) is 22.1 Å². The zero-order valence-electron chi connectivity index (χ0n) is 11.0. The fraction of sp³-hybridized carbons (Fsp3) is 0.143. The minimum atomic E-state index is -0.216. The molecule has 0 bridgehead atoms. The van der Waals surface area contributed by atoms with Crippen molar-refractivity contribution in [2.24, 2.45) is 0 Å². The van der Waals surface area contributed by atoms with Crippen LogP contribution in [0.4, 0.5) is 0 Å². The first kappa shape index (κ1) is 12.7. The Morgan fingerprint density at radius 2 is 1.95 bits per heavy atom. The first-order valence-electron chi connectivity index (χ1n) is 5.93. The summed E-state index contributed by atoms with van der Waals surface area (Å²) in [4.78, 5) is 20.2. The van der Waals surface area contributed by atoms with Crippen LogP contribution in [-0.4, -0.2) is 24.2 Å². The van der Waals surface area contributed by atoms with Crippen molar-refractivity contribution in [2.75, 3.05) is 14.2 Å². The van der Waals surface area contributed by atoms with Gasteiger partial charge in [-0.3, -0.25) is 4.79 Å². The fourth-order valence-corrected chi connectivity index (χ4v) is 2.70. The number of thiophene rings is 1. The quantitative estimate of drug-likeness (QED) is 0.804. The summed E-state index contributed by atoms with van der Waals surface area (Å²) < 4.78 is 10.5. The van der Waals surface area contributed by atoms with Crippen LogP contribution in [0, 0.1) is 0 Å². The van der Waals surface area contributed by atoms with E-state index in [2.05, 4.69) is 9.97 Å². The van der Waals surface area contributed by atoms with Gasteiger partial charge >= 0.3 is 0 Å². The lowest BCUT2D eigenvalue weighted by molar-refractivity contribution is 0.355. The Morgan fingerprint density at radius 3 is 2.60 bits per heavy atom. The molecule has 20 heavy (non-hydrogen) atoms. The third-order valence-electron chi connectivity index (χ3n) is 2.95. The highest BCUT2D eigenvalue weighted by molar-refractivity contribution is 7.13. The molecule has 0 saturated heterocycles. The van der Waals surface area contributed by atoms with E-state index in [-0.39, 0.29) is 5.56 Å². The minimum absolute atomic E-state index is 0.216. The largest absolute Gasteiger partial charge is 0.493 e. The van der Waals surface area contributed by atoms with E-state index in [0.29, 0.717) is 28.2 Å². The number of nitrogens with zero attached hydrogens (tertiary/aromatic N) is 1. The average Bonchev–Trinajstić information content (AvgIpc) is 2.99. The summed E-state index contributed by atoms with van der Waals surface area (Å²) in [6, 6.07) is 7.22. The van der Waals surface area contributed by atoms with Crippen molar-refractivity contribution >= 4 is 22.4 Å². The number of aromatic amines is 1. The zero-order chi connectivity index (χ0) is 14.1. The van der Waals surface area contributed by atoms with E-state index in [1.165, 1.54) is 11.3 Å².